The van der Waals surface area contributed by atoms with Gasteiger partial charge in [-0.3, -0.25) is 4.72 Å². The van der Waals surface area contributed by atoms with Crippen LogP contribution in [0.15, 0.2) is 24.3 Å². The number of aromatic nitrogens is 1. The fourth-order valence-electron chi connectivity index (χ4n) is 2.01. The van der Waals surface area contributed by atoms with Gasteiger partial charge in [-0.1, -0.05) is 0 Å². The van der Waals surface area contributed by atoms with Crippen LogP contribution in [0.1, 0.15) is 12.0 Å². The Bertz CT molecular complexity index is 820. The molecule has 2 aromatic rings. The van der Waals surface area contributed by atoms with E-state index in [-0.39, 0.29) is 5.69 Å². The fourth-order valence-corrected chi connectivity index (χ4v) is 3.10. The fraction of sp³-hybridized carbons (Fsp3) is 0.357. The summed E-state index contributed by atoms with van der Waals surface area (Å²) in [5.74, 6) is -0.595. The van der Waals surface area contributed by atoms with Gasteiger partial charge in [-0.25, -0.2) is 13.4 Å². The summed E-state index contributed by atoms with van der Waals surface area (Å²) in [6.07, 6.45) is -5.91. The molecule has 1 aromatic carbocycles. The molecule has 0 unspecified atom stereocenters. The molecule has 0 saturated carbocycles. The number of methoxy groups -OCH3 is 1. The maximum Gasteiger partial charge on any atom is 0.390 e. The van der Waals surface area contributed by atoms with Crippen LogP contribution in [-0.2, 0) is 10.0 Å². The Morgan fingerprint density at radius 2 is 1.96 bits per heavy atom. The highest BCUT2D eigenvalue weighted by molar-refractivity contribution is 7.92. The molecule has 1 N–H and O–H groups in total. The topological polar surface area (TPSA) is 68.3 Å². The zero-order valence-corrected chi connectivity index (χ0v) is 13.3. The highest BCUT2D eigenvalue weighted by Gasteiger charge is 2.29. The van der Waals surface area contributed by atoms with Crippen LogP contribution in [0.25, 0.3) is 10.9 Å². The van der Waals surface area contributed by atoms with Gasteiger partial charge in [-0.2, -0.15) is 13.2 Å². The number of sulfonamides is 1. The molecule has 0 aliphatic rings. The minimum atomic E-state index is -4.52. The van der Waals surface area contributed by atoms with Gasteiger partial charge in [0.1, 0.15) is 0 Å². The van der Waals surface area contributed by atoms with Crippen molar-refractivity contribution in [2.45, 2.75) is 19.5 Å². The molecule has 2 rings (SSSR count). The Kier molecular flexibility index (Phi) is 4.69. The van der Waals surface area contributed by atoms with Crippen molar-refractivity contribution >= 4 is 26.6 Å². The van der Waals surface area contributed by atoms with Gasteiger partial charge in [0.25, 0.3) is 0 Å². The van der Waals surface area contributed by atoms with Crippen molar-refractivity contribution in [1.82, 2.24) is 4.98 Å². The molecular weight excluding hydrogens is 333 g/mol. The molecule has 23 heavy (non-hydrogen) atoms. The first-order valence-corrected chi connectivity index (χ1v) is 8.27. The van der Waals surface area contributed by atoms with Gasteiger partial charge in [0, 0.05) is 17.1 Å². The van der Waals surface area contributed by atoms with E-state index in [1.54, 1.807) is 19.1 Å². The molecule has 0 spiro atoms. The normalized spacial score (nSPS) is 12.4. The second kappa shape index (κ2) is 6.23. The lowest BCUT2D eigenvalue weighted by Crippen LogP contribution is -2.21. The van der Waals surface area contributed by atoms with E-state index < -0.39 is 28.4 Å². The minimum absolute atomic E-state index is 0.190. The Balaban J connectivity index is 2.26. The molecule has 0 aliphatic heterocycles. The zero-order valence-electron chi connectivity index (χ0n) is 12.4. The number of fused-ring (bicyclic) bond motifs is 1. The second-order valence-electron chi connectivity index (χ2n) is 5.00. The molecule has 1 heterocycles. The average molecular weight is 348 g/mol. The van der Waals surface area contributed by atoms with Crippen LogP contribution >= 0.6 is 0 Å². The molecule has 0 aliphatic carbocycles. The number of anilines is 1. The van der Waals surface area contributed by atoms with Crippen molar-refractivity contribution in [3.05, 3.63) is 29.8 Å². The van der Waals surface area contributed by atoms with Gasteiger partial charge in [-0.15, -0.1) is 0 Å². The average Bonchev–Trinajstić information content (AvgIpc) is 2.45. The van der Waals surface area contributed by atoms with Crippen LogP contribution in [-0.4, -0.2) is 32.4 Å². The number of benzene rings is 1. The quantitative estimate of drug-likeness (QED) is 0.901. The number of pyridine rings is 1. The molecule has 1 aromatic heterocycles. The van der Waals surface area contributed by atoms with Crippen LogP contribution in [0, 0.1) is 6.92 Å². The van der Waals surface area contributed by atoms with E-state index in [4.69, 9.17) is 4.74 Å². The van der Waals surface area contributed by atoms with Gasteiger partial charge in [0.2, 0.25) is 15.9 Å². The maximum atomic E-state index is 12.1. The predicted molar refractivity (Wildman–Crippen MR) is 81.1 cm³/mol. The van der Waals surface area contributed by atoms with Crippen LogP contribution in [0.2, 0.25) is 0 Å². The number of aryl methyl sites for hydroxylation is 1. The summed E-state index contributed by atoms with van der Waals surface area (Å²) in [7, 11) is -2.59. The second-order valence-corrected chi connectivity index (χ2v) is 6.84. The van der Waals surface area contributed by atoms with Gasteiger partial charge in [0.15, 0.2) is 0 Å². The SMILES string of the molecule is COc1cc(C)c2cc(NS(=O)(=O)CCC(F)(F)F)ccc2n1. The molecule has 0 bridgehead atoms. The van der Waals surface area contributed by atoms with Crippen molar-refractivity contribution < 1.29 is 26.3 Å². The molecule has 0 fully saturated rings. The maximum absolute atomic E-state index is 12.1. The molecule has 0 atom stereocenters. The summed E-state index contributed by atoms with van der Waals surface area (Å²) < 4.78 is 67.1. The molecule has 0 radical (unpaired) electrons. The van der Waals surface area contributed by atoms with E-state index in [9.17, 15) is 21.6 Å². The number of rotatable bonds is 5. The standard InChI is InChI=1S/C14H15F3N2O3S/c1-9-7-13(22-2)18-12-4-3-10(8-11(9)12)19-23(20,21)6-5-14(15,16)17/h3-4,7-8,19H,5-6H2,1-2H3. The summed E-state index contributed by atoms with van der Waals surface area (Å²) in [6.45, 7) is 1.80. The van der Waals surface area contributed by atoms with Crippen LogP contribution in [0.4, 0.5) is 18.9 Å². The summed E-state index contributed by atoms with van der Waals surface area (Å²) in [6, 6.07) is 6.23. The lowest BCUT2D eigenvalue weighted by atomic mass is 10.1. The van der Waals surface area contributed by atoms with Crippen molar-refractivity contribution in [2.24, 2.45) is 0 Å². The third-order valence-electron chi connectivity index (χ3n) is 3.13. The molecule has 5 nitrogen and oxygen atoms in total. The monoisotopic (exact) mass is 348 g/mol. The van der Waals surface area contributed by atoms with E-state index >= 15 is 0 Å². The van der Waals surface area contributed by atoms with Crippen molar-refractivity contribution in [3.8, 4) is 5.88 Å². The minimum Gasteiger partial charge on any atom is -0.481 e. The zero-order chi connectivity index (χ0) is 17.3. The third kappa shape index (κ3) is 4.72. The Labute approximate surface area is 131 Å². The molecule has 126 valence electrons. The highest BCUT2D eigenvalue weighted by atomic mass is 32.2. The first kappa shape index (κ1) is 17.3. The van der Waals surface area contributed by atoms with Crippen LogP contribution < -0.4 is 9.46 Å². The van der Waals surface area contributed by atoms with Crippen LogP contribution in [0.3, 0.4) is 0 Å². The smallest absolute Gasteiger partial charge is 0.390 e. The van der Waals surface area contributed by atoms with Crippen LogP contribution in [0.5, 0.6) is 5.88 Å². The lowest BCUT2D eigenvalue weighted by Gasteiger charge is -2.11. The summed E-state index contributed by atoms with van der Waals surface area (Å²) >= 11 is 0. The van der Waals surface area contributed by atoms with E-state index in [0.717, 1.165) is 5.56 Å². The van der Waals surface area contributed by atoms with E-state index in [0.29, 0.717) is 16.8 Å². The molecule has 0 amide bonds. The molecule has 9 heteroatoms. The first-order valence-electron chi connectivity index (χ1n) is 6.62. The van der Waals surface area contributed by atoms with Gasteiger partial charge < -0.3 is 4.74 Å². The lowest BCUT2D eigenvalue weighted by molar-refractivity contribution is -0.129. The van der Waals surface area contributed by atoms with Crippen molar-refractivity contribution in [1.29, 1.82) is 0 Å². The van der Waals surface area contributed by atoms with E-state index in [1.807, 2.05) is 0 Å². The van der Waals surface area contributed by atoms with Crippen molar-refractivity contribution in [3.63, 3.8) is 0 Å². The Morgan fingerprint density at radius 1 is 1.26 bits per heavy atom. The van der Waals surface area contributed by atoms with E-state index in [2.05, 4.69) is 9.71 Å². The summed E-state index contributed by atoms with van der Waals surface area (Å²) in [5.41, 5.74) is 1.60. The number of nitrogens with zero attached hydrogens (tertiary/aromatic N) is 1. The van der Waals surface area contributed by atoms with Gasteiger partial charge in [0.05, 0.1) is 24.8 Å². The van der Waals surface area contributed by atoms with Gasteiger partial charge in [-0.05, 0) is 30.7 Å². The van der Waals surface area contributed by atoms with Gasteiger partial charge >= 0.3 is 6.18 Å². The summed E-state index contributed by atoms with van der Waals surface area (Å²) in [4.78, 5) is 4.21. The van der Waals surface area contributed by atoms with E-state index in [1.165, 1.54) is 19.2 Å². The first-order chi connectivity index (χ1) is 10.6. The Hall–Kier alpha value is -2.03. The molecule has 0 saturated heterocycles. The largest absolute Gasteiger partial charge is 0.481 e. The summed E-state index contributed by atoms with van der Waals surface area (Å²) in [5, 5.41) is 0.682. The third-order valence-corrected chi connectivity index (χ3v) is 4.42. The number of ether oxygens (including phenoxy) is 1. The van der Waals surface area contributed by atoms with Crippen molar-refractivity contribution in [2.75, 3.05) is 17.6 Å². The number of hydrogen-bond acceptors (Lipinski definition) is 4. The number of halogens is 3. The molecular formula is C14H15F3N2O3S. The highest BCUT2D eigenvalue weighted by Crippen LogP contribution is 2.26. The predicted octanol–water partition coefficient (Wildman–Crippen LogP) is 3.25. The number of hydrogen-bond donors (Lipinski definition) is 1. The number of nitrogens with one attached hydrogen (secondary N) is 1. The Morgan fingerprint density at radius 3 is 2.57 bits per heavy atom. The number of alkyl halides is 3.